The van der Waals surface area contributed by atoms with Gasteiger partial charge in [0.05, 0.1) is 29.1 Å². The quantitative estimate of drug-likeness (QED) is 0.193. The maximum absolute atomic E-state index is 13.3. The smallest absolute Gasteiger partial charge is 0.423 e. The molecule has 1 aliphatic carbocycles. The third kappa shape index (κ3) is 7.43. The van der Waals surface area contributed by atoms with Crippen LogP contribution in [0.4, 0.5) is 34.6 Å². The number of rotatable bonds is 8. The molecule has 12 heteroatoms. The van der Waals surface area contributed by atoms with Gasteiger partial charge in [-0.2, -0.15) is 13.2 Å². The van der Waals surface area contributed by atoms with Gasteiger partial charge in [0, 0.05) is 56.6 Å². The standard InChI is InChI=1S/C29H31F4N5O3/c30-21-3-1-20(2-4-21)19-36-11-13-37(14-12-36)24-16-26(18-34-17-24)41-25-8-5-22(6-9-25)35-23-7-10-28(38(39)40)27(15-23)29(31,32)33/h1-4,7,10,15-18,22,25,35H,5-6,8-9,11-14,19H2/t22-,25-. The lowest BCUT2D eigenvalue weighted by molar-refractivity contribution is -0.388. The first-order valence-corrected chi connectivity index (χ1v) is 13.6. The van der Waals surface area contributed by atoms with Crippen molar-refractivity contribution in [2.24, 2.45) is 0 Å². The third-order valence-corrected chi connectivity index (χ3v) is 7.60. The van der Waals surface area contributed by atoms with E-state index in [1.165, 1.54) is 18.2 Å². The lowest BCUT2D eigenvalue weighted by atomic mass is 9.92. The molecule has 2 aliphatic rings. The van der Waals surface area contributed by atoms with Crippen molar-refractivity contribution in [3.8, 4) is 5.75 Å². The third-order valence-electron chi connectivity index (χ3n) is 7.60. The maximum atomic E-state index is 13.3. The normalized spacial score (nSPS) is 20.0. The number of ether oxygens (including phenoxy) is 1. The molecular formula is C29H31F4N5O3. The number of hydrogen-bond acceptors (Lipinski definition) is 7. The molecule has 1 N–H and O–H groups in total. The van der Waals surface area contributed by atoms with E-state index < -0.39 is 22.4 Å². The largest absolute Gasteiger partial charge is 0.489 e. The van der Waals surface area contributed by atoms with E-state index in [9.17, 15) is 27.7 Å². The van der Waals surface area contributed by atoms with E-state index in [1.54, 1.807) is 6.20 Å². The number of nitro groups is 1. The molecular weight excluding hydrogens is 542 g/mol. The molecule has 218 valence electrons. The molecule has 8 nitrogen and oxygen atoms in total. The first kappa shape index (κ1) is 28.6. The predicted molar refractivity (Wildman–Crippen MR) is 147 cm³/mol. The van der Waals surface area contributed by atoms with Gasteiger partial charge in [0.15, 0.2) is 0 Å². The molecule has 0 bridgehead atoms. The Kier molecular flexibility index (Phi) is 8.57. The van der Waals surface area contributed by atoms with Crippen molar-refractivity contribution in [2.75, 3.05) is 36.4 Å². The van der Waals surface area contributed by atoms with Crippen LogP contribution in [-0.4, -0.2) is 53.1 Å². The van der Waals surface area contributed by atoms with Crippen molar-refractivity contribution in [1.82, 2.24) is 9.88 Å². The highest BCUT2D eigenvalue weighted by atomic mass is 19.4. The summed E-state index contributed by atoms with van der Waals surface area (Å²) in [7, 11) is 0. The number of benzene rings is 2. The molecule has 2 heterocycles. The monoisotopic (exact) mass is 573 g/mol. The van der Waals surface area contributed by atoms with Gasteiger partial charge < -0.3 is 15.0 Å². The Hall–Kier alpha value is -3.93. The molecule has 0 spiro atoms. The second kappa shape index (κ2) is 12.3. The maximum Gasteiger partial charge on any atom is 0.423 e. The molecule has 0 amide bonds. The van der Waals surface area contributed by atoms with Crippen molar-refractivity contribution >= 4 is 17.1 Å². The number of halogens is 4. The average Bonchev–Trinajstić information content (AvgIpc) is 2.95. The molecule has 2 aromatic carbocycles. The van der Waals surface area contributed by atoms with E-state index in [2.05, 4.69) is 20.1 Å². The Morgan fingerprint density at radius 1 is 0.976 bits per heavy atom. The number of aromatic nitrogens is 1. The highest BCUT2D eigenvalue weighted by molar-refractivity contribution is 5.55. The Bertz CT molecular complexity index is 1340. The average molecular weight is 574 g/mol. The van der Waals surface area contributed by atoms with Crippen LogP contribution in [0.5, 0.6) is 5.75 Å². The second-order valence-corrected chi connectivity index (χ2v) is 10.5. The molecule has 1 aromatic heterocycles. The first-order valence-electron chi connectivity index (χ1n) is 13.6. The van der Waals surface area contributed by atoms with Gasteiger partial charge in [-0.15, -0.1) is 0 Å². The minimum atomic E-state index is -4.81. The summed E-state index contributed by atoms with van der Waals surface area (Å²) >= 11 is 0. The lowest BCUT2D eigenvalue weighted by Gasteiger charge is -2.36. The summed E-state index contributed by atoms with van der Waals surface area (Å²) in [5.41, 5.74) is 0.0644. The van der Waals surface area contributed by atoms with Crippen LogP contribution >= 0.6 is 0 Å². The molecule has 1 saturated heterocycles. The summed E-state index contributed by atoms with van der Waals surface area (Å²) in [4.78, 5) is 19.0. The summed E-state index contributed by atoms with van der Waals surface area (Å²) in [5, 5.41) is 14.1. The number of nitrogens with one attached hydrogen (secondary N) is 1. The summed E-state index contributed by atoms with van der Waals surface area (Å²) in [6.45, 7) is 4.20. The van der Waals surface area contributed by atoms with Gasteiger partial charge in [-0.1, -0.05) is 12.1 Å². The topological polar surface area (TPSA) is 83.8 Å². The number of nitrogens with zero attached hydrogens (tertiary/aromatic N) is 4. The molecule has 1 aliphatic heterocycles. The molecule has 1 saturated carbocycles. The Morgan fingerprint density at radius 2 is 1.68 bits per heavy atom. The Labute approximate surface area is 235 Å². The zero-order chi connectivity index (χ0) is 29.0. The zero-order valence-electron chi connectivity index (χ0n) is 22.3. The van der Waals surface area contributed by atoms with E-state index in [1.807, 2.05) is 24.4 Å². The van der Waals surface area contributed by atoms with Crippen molar-refractivity contribution < 1.29 is 27.2 Å². The fourth-order valence-electron chi connectivity index (χ4n) is 5.42. The van der Waals surface area contributed by atoms with E-state index in [4.69, 9.17) is 4.74 Å². The molecule has 3 aromatic rings. The molecule has 5 rings (SSSR count). The minimum Gasteiger partial charge on any atom is -0.489 e. The molecule has 0 atom stereocenters. The Balaban J connectivity index is 1.10. The van der Waals surface area contributed by atoms with Crippen molar-refractivity contribution in [3.05, 3.63) is 88.0 Å². The van der Waals surface area contributed by atoms with Crippen LogP contribution in [0.1, 0.15) is 36.8 Å². The fraction of sp³-hybridized carbons (Fsp3) is 0.414. The number of alkyl halides is 3. The summed E-state index contributed by atoms with van der Waals surface area (Å²) in [6.07, 6.45) is 1.45. The van der Waals surface area contributed by atoms with Gasteiger partial charge in [0.2, 0.25) is 0 Å². The molecule has 41 heavy (non-hydrogen) atoms. The van der Waals surface area contributed by atoms with Crippen LogP contribution in [-0.2, 0) is 12.7 Å². The van der Waals surface area contributed by atoms with E-state index in [-0.39, 0.29) is 23.7 Å². The van der Waals surface area contributed by atoms with Crippen molar-refractivity contribution in [2.45, 2.75) is 50.6 Å². The number of nitro benzene ring substituents is 1. The fourth-order valence-corrected chi connectivity index (χ4v) is 5.42. The Morgan fingerprint density at radius 3 is 2.34 bits per heavy atom. The minimum absolute atomic E-state index is 0.0414. The zero-order valence-corrected chi connectivity index (χ0v) is 22.3. The number of pyridine rings is 1. The van der Waals surface area contributed by atoms with Crippen LogP contribution in [0.25, 0.3) is 0 Å². The van der Waals surface area contributed by atoms with Crippen LogP contribution in [0.15, 0.2) is 60.9 Å². The molecule has 2 fully saturated rings. The van der Waals surface area contributed by atoms with Crippen LogP contribution in [0.3, 0.4) is 0 Å². The van der Waals surface area contributed by atoms with Crippen LogP contribution in [0.2, 0.25) is 0 Å². The lowest BCUT2D eigenvalue weighted by Crippen LogP contribution is -2.46. The van der Waals surface area contributed by atoms with Gasteiger partial charge in [0.25, 0.3) is 5.69 Å². The number of hydrogen-bond donors (Lipinski definition) is 1. The van der Waals surface area contributed by atoms with Gasteiger partial charge in [-0.3, -0.25) is 20.0 Å². The van der Waals surface area contributed by atoms with Gasteiger partial charge in [-0.25, -0.2) is 4.39 Å². The van der Waals surface area contributed by atoms with E-state index in [0.29, 0.717) is 31.4 Å². The van der Waals surface area contributed by atoms with Crippen molar-refractivity contribution in [1.29, 1.82) is 0 Å². The summed E-state index contributed by atoms with van der Waals surface area (Å²) in [6, 6.07) is 11.5. The van der Waals surface area contributed by atoms with E-state index in [0.717, 1.165) is 56.1 Å². The highest BCUT2D eigenvalue weighted by Gasteiger charge is 2.38. The molecule has 0 unspecified atom stereocenters. The van der Waals surface area contributed by atoms with Crippen LogP contribution < -0.4 is 15.0 Å². The van der Waals surface area contributed by atoms with Crippen molar-refractivity contribution in [3.63, 3.8) is 0 Å². The molecule has 0 radical (unpaired) electrons. The number of anilines is 2. The first-order chi connectivity index (χ1) is 19.6. The predicted octanol–water partition coefficient (Wildman–Crippen LogP) is 6.27. The summed E-state index contributed by atoms with van der Waals surface area (Å²) < 4.78 is 59.3. The van der Waals surface area contributed by atoms with Gasteiger partial charge in [0.1, 0.15) is 17.1 Å². The second-order valence-electron chi connectivity index (χ2n) is 10.5. The van der Waals surface area contributed by atoms with Gasteiger partial charge in [-0.05, 0) is 55.5 Å². The SMILES string of the molecule is O=[N+]([O-])c1ccc(N[C@H]2CC[C@H](Oc3cncc(N4CCN(Cc5ccc(F)cc5)CC4)c3)CC2)cc1C(F)(F)F. The van der Waals surface area contributed by atoms with E-state index >= 15 is 0 Å². The summed E-state index contributed by atoms with van der Waals surface area (Å²) in [5.74, 6) is 0.445. The number of piperazine rings is 1. The highest BCUT2D eigenvalue weighted by Crippen LogP contribution is 2.38. The van der Waals surface area contributed by atoms with Gasteiger partial charge >= 0.3 is 6.18 Å². The van der Waals surface area contributed by atoms with Crippen LogP contribution in [0, 0.1) is 15.9 Å².